The Morgan fingerprint density at radius 1 is 1.62 bits per heavy atom. The molecule has 0 bridgehead atoms. The second-order valence-corrected chi connectivity index (χ2v) is 5.44. The second-order valence-electron chi connectivity index (χ2n) is 4.37. The van der Waals surface area contributed by atoms with E-state index in [9.17, 15) is 0 Å². The van der Waals surface area contributed by atoms with Crippen LogP contribution in [0.3, 0.4) is 0 Å². The van der Waals surface area contributed by atoms with Gasteiger partial charge in [-0.2, -0.15) is 0 Å². The standard InChI is InChI=1S/C12H20N2OS/c1-3-5-10(15-2)12-14-9-7-4-6-8(13)11(9)16-12/h8,10H,3-7,13H2,1-2H3. The smallest absolute Gasteiger partial charge is 0.122 e. The van der Waals surface area contributed by atoms with Crippen LogP contribution in [-0.2, 0) is 11.2 Å². The molecule has 0 amide bonds. The normalized spacial score (nSPS) is 21.8. The molecule has 1 aliphatic carbocycles. The molecule has 2 N–H and O–H groups in total. The third kappa shape index (κ3) is 2.29. The van der Waals surface area contributed by atoms with Crippen molar-refractivity contribution in [2.45, 2.75) is 51.2 Å². The summed E-state index contributed by atoms with van der Waals surface area (Å²) in [5, 5.41) is 1.12. The fourth-order valence-electron chi connectivity index (χ4n) is 2.21. The molecule has 2 rings (SSSR count). The molecule has 0 fully saturated rings. The molecule has 0 saturated carbocycles. The Kier molecular flexibility index (Phi) is 3.95. The number of methoxy groups -OCH3 is 1. The first kappa shape index (κ1) is 12.0. The molecular formula is C12H20N2OS. The highest BCUT2D eigenvalue weighted by atomic mass is 32.1. The third-order valence-electron chi connectivity index (χ3n) is 3.12. The molecule has 16 heavy (non-hydrogen) atoms. The largest absolute Gasteiger partial charge is 0.374 e. The maximum absolute atomic E-state index is 6.10. The fourth-order valence-corrected chi connectivity index (χ4v) is 3.48. The SMILES string of the molecule is CCCC(OC)c1nc2c(s1)C(N)CCC2. The van der Waals surface area contributed by atoms with Crippen LogP contribution < -0.4 is 5.73 Å². The molecule has 90 valence electrons. The lowest BCUT2D eigenvalue weighted by atomic mass is 9.99. The minimum Gasteiger partial charge on any atom is -0.374 e. The van der Waals surface area contributed by atoms with Gasteiger partial charge in [-0.1, -0.05) is 13.3 Å². The number of aryl methyl sites for hydroxylation is 1. The van der Waals surface area contributed by atoms with Crippen LogP contribution in [0.4, 0.5) is 0 Å². The summed E-state index contributed by atoms with van der Waals surface area (Å²) < 4.78 is 5.50. The molecule has 2 unspecified atom stereocenters. The monoisotopic (exact) mass is 240 g/mol. The zero-order valence-electron chi connectivity index (χ0n) is 10.0. The van der Waals surface area contributed by atoms with Gasteiger partial charge in [0.05, 0.1) is 5.69 Å². The molecule has 0 aromatic carbocycles. The van der Waals surface area contributed by atoms with Crippen LogP contribution in [0.15, 0.2) is 0 Å². The minimum absolute atomic E-state index is 0.160. The first-order valence-corrected chi connectivity index (χ1v) is 6.85. The first-order valence-electron chi connectivity index (χ1n) is 6.04. The molecule has 2 atom stereocenters. The van der Waals surface area contributed by atoms with E-state index >= 15 is 0 Å². The van der Waals surface area contributed by atoms with E-state index in [1.54, 1.807) is 18.4 Å². The van der Waals surface area contributed by atoms with E-state index in [0.29, 0.717) is 0 Å². The van der Waals surface area contributed by atoms with Crippen LogP contribution in [0.25, 0.3) is 0 Å². The third-order valence-corrected chi connectivity index (χ3v) is 4.44. The summed E-state index contributed by atoms with van der Waals surface area (Å²) in [7, 11) is 1.76. The van der Waals surface area contributed by atoms with Crippen LogP contribution in [0.1, 0.15) is 60.3 Å². The fraction of sp³-hybridized carbons (Fsp3) is 0.750. The maximum atomic E-state index is 6.10. The maximum Gasteiger partial charge on any atom is 0.122 e. The average molecular weight is 240 g/mol. The Morgan fingerprint density at radius 3 is 3.06 bits per heavy atom. The van der Waals surface area contributed by atoms with Crippen LogP contribution in [0.5, 0.6) is 0 Å². The molecule has 0 aliphatic heterocycles. The van der Waals surface area contributed by atoms with Crippen molar-refractivity contribution in [2.75, 3.05) is 7.11 Å². The lowest BCUT2D eigenvalue weighted by Crippen LogP contribution is -2.15. The number of rotatable bonds is 4. The van der Waals surface area contributed by atoms with Gasteiger partial charge in [0.15, 0.2) is 0 Å². The summed E-state index contributed by atoms with van der Waals surface area (Å²) in [6.07, 6.45) is 5.67. The number of aromatic nitrogens is 1. The van der Waals surface area contributed by atoms with Crippen molar-refractivity contribution in [3.8, 4) is 0 Å². The van der Waals surface area contributed by atoms with Gasteiger partial charge >= 0.3 is 0 Å². The predicted octanol–water partition coefficient (Wildman–Crippen LogP) is 2.97. The van der Waals surface area contributed by atoms with Crippen LogP contribution in [0, 0.1) is 0 Å². The lowest BCUT2D eigenvalue weighted by molar-refractivity contribution is 0.0946. The average Bonchev–Trinajstić information content (AvgIpc) is 2.71. The molecular weight excluding hydrogens is 220 g/mol. The topological polar surface area (TPSA) is 48.1 Å². The minimum atomic E-state index is 0.160. The summed E-state index contributed by atoms with van der Waals surface area (Å²) in [5.74, 6) is 0. The van der Waals surface area contributed by atoms with Crippen molar-refractivity contribution in [3.63, 3.8) is 0 Å². The lowest BCUT2D eigenvalue weighted by Gasteiger charge is -2.15. The highest BCUT2D eigenvalue weighted by Gasteiger charge is 2.24. The summed E-state index contributed by atoms with van der Waals surface area (Å²) in [4.78, 5) is 6.00. The highest BCUT2D eigenvalue weighted by Crippen LogP contribution is 2.36. The van der Waals surface area contributed by atoms with Crippen molar-refractivity contribution < 1.29 is 4.74 Å². The van der Waals surface area contributed by atoms with Gasteiger partial charge in [0.25, 0.3) is 0 Å². The Labute approximate surface area is 101 Å². The Bertz CT molecular complexity index is 351. The van der Waals surface area contributed by atoms with E-state index < -0.39 is 0 Å². The molecule has 1 heterocycles. The van der Waals surface area contributed by atoms with E-state index in [1.807, 2.05) is 0 Å². The molecule has 0 spiro atoms. The number of fused-ring (bicyclic) bond motifs is 1. The Morgan fingerprint density at radius 2 is 2.44 bits per heavy atom. The number of hydrogen-bond donors (Lipinski definition) is 1. The molecule has 1 aliphatic rings. The van der Waals surface area contributed by atoms with E-state index in [-0.39, 0.29) is 12.1 Å². The van der Waals surface area contributed by atoms with E-state index in [1.165, 1.54) is 17.0 Å². The van der Waals surface area contributed by atoms with Gasteiger partial charge in [-0.25, -0.2) is 4.98 Å². The first-order chi connectivity index (χ1) is 7.76. The van der Waals surface area contributed by atoms with Gasteiger partial charge in [0.1, 0.15) is 11.1 Å². The number of thiazole rings is 1. The van der Waals surface area contributed by atoms with Crippen molar-refractivity contribution in [2.24, 2.45) is 5.73 Å². The van der Waals surface area contributed by atoms with Crippen LogP contribution in [0.2, 0.25) is 0 Å². The van der Waals surface area contributed by atoms with Gasteiger partial charge in [-0.15, -0.1) is 11.3 Å². The molecule has 0 saturated heterocycles. The molecule has 4 heteroatoms. The van der Waals surface area contributed by atoms with Crippen molar-refractivity contribution in [3.05, 3.63) is 15.6 Å². The van der Waals surface area contributed by atoms with E-state index in [4.69, 9.17) is 15.5 Å². The summed E-state index contributed by atoms with van der Waals surface area (Å²) in [6.45, 7) is 2.17. The van der Waals surface area contributed by atoms with Gasteiger partial charge in [0, 0.05) is 18.0 Å². The summed E-state index contributed by atoms with van der Waals surface area (Å²) >= 11 is 1.75. The Balaban J connectivity index is 2.22. The van der Waals surface area contributed by atoms with Crippen LogP contribution in [-0.4, -0.2) is 12.1 Å². The van der Waals surface area contributed by atoms with Crippen molar-refractivity contribution in [1.29, 1.82) is 0 Å². The molecule has 0 radical (unpaired) electrons. The van der Waals surface area contributed by atoms with E-state index in [0.717, 1.165) is 30.7 Å². The quantitative estimate of drug-likeness (QED) is 0.880. The number of ether oxygens (including phenoxy) is 1. The van der Waals surface area contributed by atoms with E-state index in [2.05, 4.69) is 6.92 Å². The Hall–Kier alpha value is -0.450. The van der Waals surface area contributed by atoms with Gasteiger partial charge in [0.2, 0.25) is 0 Å². The van der Waals surface area contributed by atoms with Gasteiger partial charge in [-0.3, -0.25) is 0 Å². The van der Waals surface area contributed by atoms with Crippen LogP contribution >= 0.6 is 11.3 Å². The second kappa shape index (κ2) is 5.25. The van der Waals surface area contributed by atoms with Crippen molar-refractivity contribution in [1.82, 2.24) is 4.98 Å². The van der Waals surface area contributed by atoms with Gasteiger partial charge in [-0.05, 0) is 25.7 Å². The molecule has 1 aromatic heterocycles. The molecule has 1 aromatic rings. The molecule has 3 nitrogen and oxygen atoms in total. The van der Waals surface area contributed by atoms with Gasteiger partial charge < -0.3 is 10.5 Å². The zero-order valence-corrected chi connectivity index (χ0v) is 10.8. The van der Waals surface area contributed by atoms with Crippen molar-refractivity contribution >= 4 is 11.3 Å². The summed E-state index contributed by atoms with van der Waals surface area (Å²) in [5.41, 5.74) is 7.32. The predicted molar refractivity (Wildman–Crippen MR) is 66.6 cm³/mol. The summed E-state index contributed by atoms with van der Waals surface area (Å²) in [6, 6.07) is 0.203. The highest BCUT2D eigenvalue weighted by molar-refractivity contribution is 7.11. The zero-order chi connectivity index (χ0) is 11.5. The number of nitrogens with two attached hydrogens (primary N) is 1. The number of nitrogens with zero attached hydrogens (tertiary/aromatic N) is 1. The number of hydrogen-bond acceptors (Lipinski definition) is 4.